The number of methoxy groups -OCH3 is 1. The molecule has 0 saturated carbocycles. The zero-order chi connectivity index (χ0) is 16.6. The van der Waals surface area contributed by atoms with E-state index in [1.807, 2.05) is 26.8 Å². The highest BCUT2D eigenvalue weighted by Crippen LogP contribution is 2.30. The largest absolute Gasteiger partial charge is 0.494 e. The van der Waals surface area contributed by atoms with Gasteiger partial charge in [-0.25, -0.2) is 4.98 Å². The summed E-state index contributed by atoms with van der Waals surface area (Å²) in [4.78, 5) is 16.9. The molecule has 0 bridgehead atoms. The molecule has 3 rings (SSSR count). The van der Waals surface area contributed by atoms with E-state index in [0.29, 0.717) is 11.3 Å². The van der Waals surface area contributed by atoms with Crippen molar-refractivity contribution in [2.75, 3.05) is 12.4 Å². The molecule has 0 saturated heterocycles. The summed E-state index contributed by atoms with van der Waals surface area (Å²) in [6.07, 6.45) is 0. The lowest BCUT2D eigenvalue weighted by molar-refractivity contribution is 0.102. The van der Waals surface area contributed by atoms with Crippen LogP contribution in [0.1, 0.15) is 27.0 Å². The van der Waals surface area contributed by atoms with Crippen LogP contribution in [0.15, 0.2) is 29.8 Å². The van der Waals surface area contributed by atoms with E-state index in [-0.39, 0.29) is 5.91 Å². The number of benzene rings is 2. The van der Waals surface area contributed by atoms with Crippen molar-refractivity contribution < 1.29 is 9.53 Å². The van der Waals surface area contributed by atoms with Crippen molar-refractivity contribution in [1.29, 1.82) is 0 Å². The first kappa shape index (κ1) is 15.5. The third-order valence-electron chi connectivity index (χ3n) is 3.80. The molecular weight excluding hydrogens is 308 g/mol. The third-order valence-corrected chi connectivity index (χ3v) is 4.58. The van der Waals surface area contributed by atoms with Crippen LogP contribution < -0.4 is 10.1 Å². The second-order valence-corrected chi connectivity index (χ2v) is 6.49. The van der Waals surface area contributed by atoms with E-state index >= 15 is 0 Å². The molecule has 0 aliphatic heterocycles. The molecule has 0 aliphatic carbocycles. The lowest BCUT2D eigenvalue weighted by Gasteiger charge is -2.13. The Balaban J connectivity index is 1.98. The summed E-state index contributed by atoms with van der Waals surface area (Å²) in [6, 6.07) is 7.71. The van der Waals surface area contributed by atoms with Crippen LogP contribution in [-0.2, 0) is 0 Å². The van der Waals surface area contributed by atoms with Gasteiger partial charge in [0.25, 0.3) is 5.91 Å². The molecule has 2 aromatic carbocycles. The molecule has 0 atom stereocenters. The fourth-order valence-electron chi connectivity index (χ4n) is 2.78. The SMILES string of the molecule is COc1cc(C(=O)Nc2c(C)cc(C)cc2C)cc2scnc12. The van der Waals surface area contributed by atoms with Crippen LogP contribution in [0, 0.1) is 20.8 Å². The molecule has 5 heteroatoms. The van der Waals surface area contributed by atoms with Gasteiger partial charge in [-0.2, -0.15) is 0 Å². The number of hydrogen-bond donors (Lipinski definition) is 1. The Hall–Kier alpha value is -2.40. The van der Waals surface area contributed by atoms with Crippen LogP contribution in [0.3, 0.4) is 0 Å². The molecule has 1 N–H and O–H groups in total. The van der Waals surface area contributed by atoms with Crippen molar-refractivity contribution >= 4 is 33.1 Å². The zero-order valence-corrected chi connectivity index (χ0v) is 14.4. The van der Waals surface area contributed by atoms with Crippen LogP contribution in [-0.4, -0.2) is 18.0 Å². The highest BCUT2D eigenvalue weighted by molar-refractivity contribution is 7.16. The number of aryl methyl sites for hydroxylation is 3. The Labute approximate surface area is 139 Å². The number of rotatable bonds is 3. The fourth-order valence-corrected chi connectivity index (χ4v) is 3.52. The number of ether oxygens (including phenoxy) is 1. The number of thiazole rings is 1. The normalized spacial score (nSPS) is 10.8. The molecule has 4 nitrogen and oxygen atoms in total. The van der Waals surface area contributed by atoms with Crippen molar-refractivity contribution in [3.63, 3.8) is 0 Å². The number of aromatic nitrogens is 1. The zero-order valence-electron chi connectivity index (χ0n) is 13.6. The van der Waals surface area contributed by atoms with E-state index in [0.717, 1.165) is 27.0 Å². The van der Waals surface area contributed by atoms with E-state index in [9.17, 15) is 4.79 Å². The summed E-state index contributed by atoms with van der Waals surface area (Å²) >= 11 is 1.49. The standard InChI is InChI=1S/C18H18N2O2S/c1-10-5-11(2)16(12(3)6-10)20-18(21)13-7-14(22-4)17-15(8-13)23-9-19-17/h5-9H,1-4H3,(H,20,21). The molecule has 0 spiro atoms. The monoisotopic (exact) mass is 326 g/mol. The van der Waals surface area contributed by atoms with Crippen molar-refractivity contribution in [1.82, 2.24) is 4.98 Å². The van der Waals surface area contributed by atoms with Crippen LogP contribution in [0.25, 0.3) is 10.2 Å². The minimum Gasteiger partial charge on any atom is -0.494 e. The van der Waals surface area contributed by atoms with Crippen molar-refractivity contribution in [2.24, 2.45) is 0 Å². The van der Waals surface area contributed by atoms with Gasteiger partial charge in [0.2, 0.25) is 0 Å². The van der Waals surface area contributed by atoms with E-state index < -0.39 is 0 Å². The smallest absolute Gasteiger partial charge is 0.255 e. The molecule has 0 unspecified atom stereocenters. The van der Waals surface area contributed by atoms with Crippen LogP contribution >= 0.6 is 11.3 Å². The molecule has 118 valence electrons. The second kappa shape index (κ2) is 6.01. The fraction of sp³-hybridized carbons (Fsp3) is 0.222. The highest BCUT2D eigenvalue weighted by atomic mass is 32.1. The highest BCUT2D eigenvalue weighted by Gasteiger charge is 2.14. The Morgan fingerprint density at radius 3 is 2.48 bits per heavy atom. The molecule has 0 radical (unpaired) electrons. The minimum atomic E-state index is -0.145. The van der Waals surface area contributed by atoms with Gasteiger partial charge in [0.15, 0.2) is 0 Å². The quantitative estimate of drug-likeness (QED) is 0.772. The Morgan fingerprint density at radius 1 is 1.13 bits per heavy atom. The van der Waals surface area contributed by atoms with Gasteiger partial charge in [0, 0.05) is 11.3 Å². The maximum absolute atomic E-state index is 12.7. The second-order valence-electron chi connectivity index (χ2n) is 5.61. The van der Waals surface area contributed by atoms with Gasteiger partial charge < -0.3 is 10.1 Å². The van der Waals surface area contributed by atoms with Crippen LogP contribution in [0.5, 0.6) is 5.75 Å². The van der Waals surface area contributed by atoms with Gasteiger partial charge in [-0.05, 0) is 44.0 Å². The molecule has 0 fully saturated rings. The number of carbonyl (C=O) groups is 1. The Morgan fingerprint density at radius 2 is 1.83 bits per heavy atom. The van der Waals surface area contributed by atoms with Gasteiger partial charge in [-0.15, -0.1) is 11.3 Å². The Kier molecular flexibility index (Phi) is 4.05. The average molecular weight is 326 g/mol. The maximum Gasteiger partial charge on any atom is 0.255 e. The first-order valence-corrected chi connectivity index (χ1v) is 8.18. The predicted molar refractivity (Wildman–Crippen MR) is 94.8 cm³/mol. The maximum atomic E-state index is 12.7. The van der Waals surface area contributed by atoms with E-state index in [2.05, 4.69) is 22.4 Å². The van der Waals surface area contributed by atoms with Crippen molar-refractivity contribution in [3.8, 4) is 5.75 Å². The summed E-state index contributed by atoms with van der Waals surface area (Å²) in [7, 11) is 1.59. The summed E-state index contributed by atoms with van der Waals surface area (Å²) in [5, 5.41) is 3.02. The first-order valence-electron chi connectivity index (χ1n) is 7.30. The topological polar surface area (TPSA) is 51.2 Å². The summed E-state index contributed by atoms with van der Waals surface area (Å²) in [5.74, 6) is 0.472. The number of hydrogen-bond acceptors (Lipinski definition) is 4. The molecule has 0 aliphatic rings. The molecule has 1 heterocycles. The minimum absolute atomic E-state index is 0.145. The molecule has 1 aromatic heterocycles. The lowest BCUT2D eigenvalue weighted by atomic mass is 10.0. The van der Waals surface area contributed by atoms with Gasteiger partial charge in [-0.1, -0.05) is 17.7 Å². The van der Waals surface area contributed by atoms with Gasteiger partial charge in [0.1, 0.15) is 11.3 Å². The van der Waals surface area contributed by atoms with Gasteiger partial charge in [-0.3, -0.25) is 4.79 Å². The molecule has 23 heavy (non-hydrogen) atoms. The predicted octanol–water partition coefficient (Wildman–Crippen LogP) is 4.48. The summed E-state index contributed by atoms with van der Waals surface area (Å²) in [6.45, 7) is 6.05. The summed E-state index contributed by atoms with van der Waals surface area (Å²) in [5.41, 5.74) is 7.27. The summed E-state index contributed by atoms with van der Waals surface area (Å²) < 4.78 is 6.29. The van der Waals surface area contributed by atoms with Gasteiger partial charge in [0.05, 0.1) is 17.3 Å². The van der Waals surface area contributed by atoms with Crippen molar-refractivity contribution in [2.45, 2.75) is 20.8 Å². The lowest BCUT2D eigenvalue weighted by Crippen LogP contribution is -2.14. The van der Waals surface area contributed by atoms with E-state index in [4.69, 9.17) is 4.74 Å². The number of amides is 1. The number of fused-ring (bicyclic) bond motifs is 1. The van der Waals surface area contributed by atoms with E-state index in [1.54, 1.807) is 18.7 Å². The van der Waals surface area contributed by atoms with E-state index in [1.165, 1.54) is 16.9 Å². The van der Waals surface area contributed by atoms with Gasteiger partial charge >= 0.3 is 0 Å². The molecule has 3 aromatic rings. The Bertz CT molecular complexity index is 876. The third kappa shape index (κ3) is 2.92. The van der Waals surface area contributed by atoms with Crippen LogP contribution in [0.2, 0.25) is 0 Å². The number of anilines is 1. The molecule has 1 amide bonds. The number of carbonyl (C=O) groups excluding carboxylic acids is 1. The first-order chi connectivity index (χ1) is 11.0. The number of nitrogens with one attached hydrogen (secondary N) is 1. The average Bonchev–Trinajstić information content (AvgIpc) is 2.98. The molecular formula is C18H18N2O2S. The van der Waals surface area contributed by atoms with Crippen molar-refractivity contribution in [3.05, 3.63) is 52.0 Å². The van der Waals surface area contributed by atoms with Crippen LogP contribution in [0.4, 0.5) is 5.69 Å². The number of nitrogens with zero attached hydrogens (tertiary/aromatic N) is 1.